The SMILES string of the molecule is CC(C)=CCN1C(=O)[C@H]2CC[C@@H]1CN(C(=O)c1ccnc(N)c1)C2. The molecule has 3 fully saturated rings. The number of pyridine rings is 1. The number of hydrogen-bond donors (Lipinski definition) is 1. The maximum absolute atomic E-state index is 12.8. The van der Waals surface area contributed by atoms with Gasteiger partial charge >= 0.3 is 0 Å². The third-order valence-electron chi connectivity index (χ3n) is 4.80. The van der Waals surface area contributed by atoms with Gasteiger partial charge in [-0.3, -0.25) is 9.59 Å². The van der Waals surface area contributed by atoms with Gasteiger partial charge in [-0.25, -0.2) is 4.98 Å². The molecule has 0 unspecified atom stereocenters. The van der Waals surface area contributed by atoms with Crippen LogP contribution in [0.2, 0.25) is 0 Å². The highest BCUT2D eigenvalue weighted by molar-refractivity contribution is 5.95. The van der Waals surface area contributed by atoms with Crippen molar-refractivity contribution in [3.05, 3.63) is 35.5 Å². The molecule has 0 aliphatic carbocycles. The average molecular weight is 328 g/mol. The smallest absolute Gasteiger partial charge is 0.254 e. The van der Waals surface area contributed by atoms with Gasteiger partial charge in [0.15, 0.2) is 0 Å². The largest absolute Gasteiger partial charge is 0.384 e. The van der Waals surface area contributed by atoms with Crippen LogP contribution in [0.1, 0.15) is 37.0 Å². The Bertz CT molecular complexity index is 681. The predicted octanol–water partition coefficient (Wildman–Crippen LogP) is 1.69. The number of nitrogens with two attached hydrogens (primary N) is 1. The monoisotopic (exact) mass is 328 g/mol. The summed E-state index contributed by atoms with van der Waals surface area (Å²) in [4.78, 5) is 33.2. The number of piperidine rings is 1. The number of nitrogen functional groups attached to an aromatic ring is 1. The minimum atomic E-state index is -0.0996. The molecule has 6 heteroatoms. The summed E-state index contributed by atoms with van der Waals surface area (Å²) in [5, 5.41) is 0. The summed E-state index contributed by atoms with van der Waals surface area (Å²) in [6, 6.07) is 3.36. The van der Waals surface area contributed by atoms with Crippen molar-refractivity contribution in [3.63, 3.8) is 0 Å². The predicted molar refractivity (Wildman–Crippen MR) is 92.2 cm³/mol. The van der Waals surface area contributed by atoms with E-state index in [2.05, 4.69) is 11.1 Å². The second kappa shape index (κ2) is 6.63. The summed E-state index contributed by atoms with van der Waals surface area (Å²) < 4.78 is 0. The van der Waals surface area contributed by atoms with Gasteiger partial charge in [-0.1, -0.05) is 11.6 Å². The molecule has 2 N–H and O–H groups in total. The van der Waals surface area contributed by atoms with E-state index in [0.29, 0.717) is 31.0 Å². The summed E-state index contributed by atoms with van der Waals surface area (Å²) in [7, 11) is 0. The lowest BCUT2D eigenvalue weighted by Crippen LogP contribution is -2.48. The topological polar surface area (TPSA) is 79.5 Å². The molecular formula is C18H24N4O2. The Kier molecular flexibility index (Phi) is 4.55. The van der Waals surface area contributed by atoms with E-state index in [9.17, 15) is 9.59 Å². The molecule has 2 bridgehead atoms. The molecule has 0 aromatic carbocycles. The number of hydrogen-bond acceptors (Lipinski definition) is 4. The van der Waals surface area contributed by atoms with Crippen molar-refractivity contribution in [3.8, 4) is 0 Å². The van der Waals surface area contributed by atoms with Crippen molar-refractivity contribution in [1.29, 1.82) is 0 Å². The van der Waals surface area contributed by atoms with Crippen LogP contribution in [0.3, 0.4) is 0 Å². The lowest BCUT2D eigenvalue weighted by molar-refractivity contribution is -0.139. The summed E-state index contributed by atoms with van der Waals surface area (Å²) in [5.41, 5.74) is 7.42. The molecule has 1 aromatic rings. The first-order chi connectivity index (χ1) is 11.5. The second-order valence-corrected chi connectivity index (χ2v) is 6.88. The van der Waals surface area contributed by atoms with Gasteiger partial charge in [0.25, 0.3) is 5.91 Å². The van der Waals surface area contributed by atoms with Crippen LogP contribution in [0.25, 0.3) is 0 Å². The third-order valence-corrected chi connectivity index (χ3v) is 4.80. The van der Waals surface area contributed by atoms with Gasteiger partial charge < -0.3 is 15.5 Å². The van der Waals surface area contributed by atoms with Gasteiger partial charge in [0.1, 0.15) is 5.82 Å². The molecule has 0 radical (unpaired) electrons. The highest BCUT2D eigenvalue weighted by Crippen LogP contribution is 2.30. The summed E-state index contributed by atoms with van der Waals surface area (Å²) in [6.07, 6.45) is 5.43. The molecule has 1 aromatic heterocycles. The number of anilines is 1. The number of allylic oxidation sites excluding steroid dienone is 1. The Morgan fingerprint density at radius 3 is 2.88 bits per heavy atom. The molecule has 24 heavy (non-hydrogen) atoms. The van der Waals surface area contributed by atoms with Crippen molar-refractivity contribution < 1.29 is 9.59 Å². The van der Waals surface area contributed by atoms with E-state index < -0.39 is 0 Å². The van der Waals surface area contributed by atoms with Crippen LogP contribution in [0.15, 0.2) is 30.0 Å². The molecule has 0 saturated carbocycles. The second-order valence-electron chi connectivity index (χ2n) is 6.88. The molecule has 3 aliphatic heterocycles. The van der Waals surface area contributed by atoms with Crippen molar-refractivity contribution in [2.45, 2.75) is 32.7 Å². The van der Waals surface area contributed by atoms with Crippen LogP contribution in [-0.4, -0.2) is 52.3 Å². The van der Waals surface area contributed by atoms with Crippen LogP contribution in [-0.2, 0) is 4.79 Å². The van der Waals surface area contributed by atoms with E-state index in [1.807, 2.05) is 18.7 Å². The average Bonchev–Trinajstić information content (AvgIpc) is 2.83. The van der Waals surface area contributed by atoms with Crippen molar-refractivity contribution in [2.75, 3.05) is 25.4 Å². The molecule has 4 rings (SSSR count). The van der Waals surface area contributed by atoms with E-state index in [0.717, 1.165) is 12.8 Å². The van der Waals surface area contributed by atoms with Crippen LogP contribution in [0, 0.1) is 5.92 Å². The fraction of sp³-hybridized carbons (Fsp3) is 0.500. The van der Waals surface area contributed by atoms with E-state index in [-0.39, 0.29) is 23.8 Å². The van der Waals surface area contributed by atoms with Crippen LogP contribution in [0.4, 0.5) is 5.82 Å². The Morgan fingerprint density at radius 2 is 2.17 bits per heavy atom. The minimum absolute atomic E-state index is 0.0714. The Hall–Kier alpha value is -2.37. The van der Waals surface area contributed by atoms with Crippen LogP contribution >= 0.6 is 0 Å². The van der Waals surface area contributed by atoms with E-state index in [4.69, 9.17) is 5.73 Å². The van der Waals surface area contributed by atoms with Gasteiger partial charge in [0.05, 0.1) is 5.92 Å². The van der Waals surface area contributed by atoms with Crippen LogP contribution < -0.4 is 5.73 Å². The Morgan fingerprint density at radius 1 is 1.38 bits per heavy atom. The fourth-order valence-corrected chi connectivity index (χ4v) is 3.49. The molecule has 4 heterocycles. The van der Waals surface area contributed by atoms with Gasteiger partial charge in [-0.05, 0) is 38.8 Å². The number of carbonyl (C=O) groups excluding carboxylic acids is 2. The lowest BCUT2D eigenvalue weighted by Gasteiger charge is -2.35. The number of amides is 2. The molecule has 0 spiro atoms. The minimum Gasteiger partial charge on any atom is -0.384 e. The molecule has 3 saturated heterocycles. The Balaban J connectivity index is 1.80. The number of aromatic nitrogens is 1. The lowest BCUT2D eigenvalue weighted by atomic mass is 9.94. The zero-order valence-corrected chi connectivity index (χ0v) is 14.2. The maximum atomic E-state index is 12.8. The van der Waals surface area contributed by atoms with Crippen molar-refractivity contribution in [2.24, 2.45) is 5.92 Å². The summed E-state index contributed by atoms with van der Waals surface area (Å²) >= 11 is 0. The maximum Gasteiger partial charge on any atom is 0.254 e. The molecule has 128 valence electrons. The van der Waals surface area contributed by atoms with Gasteiger partial charge in [-0.15, -0.1) is 0 Å². The standard InChI is InChI=1S/C18H24N4O2/c1-12(2)6-8-22-15-4-3-14(18(22)24)10-21(11-15)17(23)13-5-7-20-16(19)9-13/h5-7,9,14-15H,3-4,8,10-11H2,1-2H3,(H2,19,20)/t14-,15+/m0/s1. The molecule has 2 atom stereocenters. The number of carbonyl (C=O) groups is 2. The van der Waals surface area contributed by atoms with Crippen LogP contribution in [0.5, 0.6) is 0 Å². The molecule has 2 amide bonds. The number of nitrogens with zero attached hydrogens (tertiary/aromatic N) is 3. The quantitative estimate of drug-likeness (QED) is 0.856. The number of rotatable bonds is 3. The van der Waals surface area contributed by atoms with E-state index in [1.165, 1.54) is 5.57 Å². The highest BCUT2D eigenvalue weighted by Gasteiger charge is 2.41. The van der Waals surface area contributed by atoms with Gasteiger partial charge in [0, 0.05) is 37.4 Å². The van der Waals surface area contributed by atoms with Crippen molar-refractivity contribution >= 4 is 17.6 Å². The highest BCUT2D eigenvalue weighted by atomic mass is 16.2. The normalized spacial score (nSPS) is 23.2. The first kappa shape index (κ1) is 16.5. The molecular weight excluding hydrogens is 304 g/mol. The van der Waals surface area contributed by atoms with Gasteiger partial charge in [-0.2, -0.15) is 0 Å². The number of fused-ring (bicyclic) bond motifs is 4. The van der Waals surface area contributed by atoms with E-state index in [1.54, 1.807) is 23.2 Å². The summed E-state index contributed by atoms with van der Waals surface area (Å²) in [5.74, 6) is 0.337. The first-order valence-electron chi connectivity index (χ1n) is 8.40. The molecule has 3 aliphatic rings. The Labute approximate surface area is 142 Å². The van der Waals surface area contributed by atoms with Crippen molar-refractivity contribution in [1.82, 2.24) is 14.8 Å². The first-order valence-corrected chi connectivity index (χ1v) is 8.40. The third kappa shape index (κ3) is 3.27. The van der Waals surface area contributed by atoms with E-state index >= 15 is 0 Å². The van der Waals surface area contributed by atoms with Gasteiger partial charge in [0.2, 0.25) is 5.91 Å². The zero-order chi connectivity index (χ0) is 17.3. The zero-order valence-electron chi connectivity index (χ0n) is 14.2. The molecule has 6 nitrogen and oxygen atoms in total. The summed E-state index contributed by atoms with van der Waals surface area (Å²) in [6.45, 7) is 5.77. The fourth-order valence-electron chi connectivity index (χ4n) is 3.49.